The number of rotatable bonds is 4. The van der Waals surface area contributed by atoms with Gasteiger partial charge in [0, 0.05) is 32.2 Å². The molecule has 0 spiro atoms. The van der Waals surface area contributed by atoms with Crippen molar-refractivity contribution < 1.29 is 22.7 Å². The predicted molar refractivity (Wildman–Crippen MR) is 130 cm³/mol. The Labute approximate surface area is 198 Å². The van der Waals surface area contributed by atoms with Gasteiger partial charge in [0.2, 0.25) is 0 Å². The summed E-state index contributed by atoms with van der Waals surface area (Å²) in [5.74, 6) is 0. The first-order chi connectivity index (χ1) is 15.5. The van der Waals surface area contributed by atoms with Crippen LogP contribution in [0.15, 0.2) is 47.4 Å². The molecular formula is C24H28N2O5S2. The predicted octanol–water partition coefficient (Wildman–Crippen LogP) is 5.15. The molecule has 1 amide bonds. The SMILES string of the molecule is CC(C)(C)OC(=O)N1CCC(Oc2nc3ccc(-c4ccc(S(C)(=O)=O)cc4)cc3s2)CC1. The molecule has 0 aliphatic carbocycles. The molecule has 0 atom stereocenters. The summed E-state index contributed by atoms with van der Waals surface area (Å²) in [5, 5.41) is 0.616. The van der Waals surface area contributed by atoms with E-state index < -0.39 is 15.4 Å². The van der Waals surface area contributed by atoms with Crippen molar-refractivity contribution in [3.8, 4) is 16.3 Å². The Bertz CT molecular complexity index is 1250. The summed E-state index contributed by atoms with van der Waals surface area (Å²) in [6.45, 7) is 6.79. The second-order valence-electron chi connectivity index (χ2n) is 9.24. The molecule has 2 heterocycles. The molecule has 0 radical (unpaired) electrons. The second kappa shape index (κ2) is 8.95. The topological polar surface area (TPSA) is 85.8 Å². The fraction of sp³-hybridized carbons (Fsp3) is 0.417. The van der Waals surface area contributed by atoms with E-state index in [1.165, 1.54) is 17.6 Å². The van der Waals surface area contributed by atoms with E-state index >= 15 is 0 Å². The Morgan fingerprint density at radius 1 is 1.06 bits per heavy atom. The van der Waals surface area contributed by atoms with Gasteiger partial charge in [0.25, 0.3) is 5.19 Å². The normalized spacial score (nSPS) is 15.6. The van der Waals surface area contributed by atoms with Crippen LogP contribution in [0, 0.1) is 0 Å². The molecule has 7 nitrogen and oxygen atoms in total. The average molecular weight is 489 g/mol. The number of thiazole rings is 1. The summed E-state index contributed by atoms with van der Waals surface area (Å²) in [6, 6.07) is 12.8. The molecule has 9 heteroatoms. The molecule has 1 saturated heterocycles. The first-order valence-electron chi connectivity index (χ1n) is 10.8. The van der Waals surface area contributed by atoms with Crippen molar-refractivity contribution in [2.45, 2.75) is 50.2 Å². The number of piperidine rings is 1. The zero-order valence-electron chi connectivity index (χ0n) is 19.2. The molecule has 2 aromatic carbocycles. The number of carbonyl (C=O) groups excluding carboxylic acids is 1. The number of likely N-dealkylation sites (tertiary alicyclic amines) is 1. The highest BCUT2D eigenvalue weighted by Crippen LogP contribution is 2.33. The van der Waals surface area contributed by atoms with Gasteiger partial charge in [0.05, 0.1) is 15.1 Å². The fourth-order valence-corrected chi connectivity index (χ4v) is 5.20. The third-order valence-corrected chi connectivity index (χ3v) is 7.38. The van der Waals surface area contributed by atoms with E-state index in [1.807, 2.05) is 51.1 Å². The van der Waals surface area contributed by atoms with Crippen molar-refractivity contribution in [3.63, 3.8) is 0 Å². The lowest BCUT2D eigenvalue weighted by Crippen LogP contribution is -2.44. The van der Waals surface area contributed by atoms with Gasteiger partial charge < -0.3 is 14.4 Å². The van der Waals surface area contributed by atoms with Crippen LogP contribution in [0.3, 0.4) is 0 Å². The van der Waals surface area contributed by atoms with Gasteiger partial charge in [-0.1, -0.05) is 29.5 Å². The van der Waals surface area contributed by atoms with Gasteiger partial charge in [-0.05, 0) is 56.2 Å². The van der Waals surface area contributed by atoms with E-state index in [4.69, 9.17) is 9.47 Å². The Balaban J connectivity index is 1.41. The second-order valence-corrected chi connectivity index (χ2v) is 12.3. The summed E-state index contributed by atoms with van der Waals surface area (Å²) >= 11 is 1.49. The molecule has 0 N–H and O–H groups in total. The molecule has 0 saturated carbocycles. The number of benzene rings is 2. The molecule has 0 bridgehead atoms. The smallest absolute Gasteiger partial charge is 0.410 e. The summed E-state index contributed by atoms with van der Waals surface area (Å²) in [6.07, 6.45) is 2.39. The minimum Gasteiger partial charge on any atom is -0.467 e. The molecular weight excluding hydrogens is 460 g/mol. The monoisotopic (exact) mass is 488 g/mol. The molecule has 176 valence electrons. The van der Waals surface area contributed by atoms with Crippen LogP contribution < -0.4 is 4.74 Å². The lowest BCUT2D eigenvalue weighted by molar-refractivity contribution is 0.0126. The molecule has 1 aromatic heterocycles. The molecule has 0 unspecified atom stereocenters. The Morgan fingerprint density at radius 3 is 2.30 bits per heavy atom. The number of ether oxygens (including phenoxy) is 2. The molecule has 33 heavy (non-hydrogen) atoms. The average Bonchev–Trinajstić information content (AvgIpc) is 3.14. The standard InChI is InChI=1S/C24H28N2O5S2/c1-24(2,3)31-23(27)26-13-11-18(12-14-26)30-22-25-20-10-7-17(15-21(20)32-22)16-5-8-19(9-6-16)33(4,28)29/h5-10,15,18H,11-14H2,1-4H3. The van der Waals surface area contributed by atoms with Crippen molar-refractivity contribution in [3.05, 3.63) is 42.5 Å². The van der Waals surface area contributed by atoms with Crippen molar-refractivity contribution in [2.24, 2.45) is 0 Å². The maximum Gasteiger partial charge on any atom is 0.410 e. The first-order valence-corrected chi connectivity index (χ1v) is 13.5. The third-order valence-electron chi connectivity index (χ3n) is 5.35. The first kappa shape index (κ1) is 23.5. The quantitative estimate of drug-likeness (QED) is 0.505. The van der Waals surface area contributed by atoms with Crippen molar-refractivity contribution in [1.29, 1.82) is 0 Å². The lowest BCUT2D eigenvalue weighted by atomic mass is 10.1. The summed E-state index contributed by atoms with van der Waals surface area (Å²) in [7, 11) is -3.22. The van der Waals surface area contributed by atoms with Gasteiger partial charge in [-0.15, -0.1) is 0 Å². The van der Waals surface area contributed by atoms with E-state index in [2.05, 4.69) is 4.98 Å². The number of hydrogen-bond acceptors (Lipinski definition) is 7. The number of hydrogen-bond donors (Lipinski definition) is 0. The highest BCUT2D eigenvalue weighted by Gasteiger charge is 2.28. The Morgan fingerprint density at radius 2 is 1.70 bits per heavy atom. The van der Waals surface area contributed by atoms with Gasteiger partial charge in [0.15, 0.2) is 9.84 Å². The van der Waals surface area contributed by atoms with Crippen LogP contribution in [0.5, 0.6) is 5.19 Å². The lowest BCUT2D eigenvalue weighted by Gasteiger charge is -2.33. The Hall–Kier alpha value is -2.65. The number of carbonyl (C=O) groups is 1. The van der Waals surface area contributed by atoms with Crippen LogP contribution in [-0.4, -0.2) is 55.4 Å². The van der Waals surface area contributed by atoms with Gasteiger partial charge in [-0.2, -0.15) is 0 Å². The van der Waals surface area contributed by atoms with Crippen LogP contribution >= 0.6 is 11.3 Å². The van der Waals surface area contributed by atoms with Crippen LogP contribution in [-0.2, 0) is 14.6 Å². The van der Waals surface area contributed by atoms with Crippen LogP contribution in [0.25, 0.3) is 21.3 Å². The molecule has 1 aliphatic heterocycles. The van der Waals surface area contributed by atoms with Crippen molar-refractivity contribution >= 4 is 37.5 Å². The van der Waals surface area contributed by atoms with Gasteiger partial charge >= 0.3 is 6.09 Å². The number of nitrogens with zero attached hydrogens (tertiary/aromatic N) is 2. The fourth-order valence-electron chi connectivity index (χ4n) is 3.65. The van der Waals surface area contributed by atoms with Crippen molar-refractivity contribution in [1.82, 2.24) is 9.88 Å². The number of sulfone groups is 1. The maximum atomic E-state index is 12.2. The zero-order chi connectivity index (χ0) is 23.8. The Kier molecular flexibility index (Phi) is 6.37. The third kappa shape index (κ3) is 5.83. The maximum absolute atomic E-state index is 12.2. The minimum absolute atomic E-state index is 0.00672. The van der Waals surface area contributed by atoms with Crippen molar-refractivity contribution in [2.75, 3.05) is 19.3 Å². The van der Waals surface area contributed by atoms with Crippen LogP contribution in [0.1, 0.15) is 33.6 Å². The number of amides is 1. The number of fused-ring (bicyclic) bond motifs is 1. The van der Waals surface area contributed by atoms with Gasteiger partial charge in [0.1, 0.15) is 11.7 Å². The summed E-state index contributed by atoms with van der Waals surface area (Å²) in [4.78, 5) is 18.9. The van der Waals surface area contributed by atoms with E-state index in [1.54, 1.807) is 17.0 Å². The van der Waals surface area contributed by atoms with Crippen LogP contribution in [0.4, 0.5) is 4.79 Å². The van der Waals surface area contributed by atoms with Gasteiger partial charge in [-0.3, -0.25) is 0 Å². The van der Waals surface area contributed by atoms with E-state index in [0.717, 1.165) is 34.2 Å². The van der Waals surface area contributed by atoms with E-state index in [0.29, 0.717) is 23.2 Å². The van der Waals surface area contributed by atoms with Gasteiger partial charge in [-0.25, -0.2) is 18.2 Å². The largest absolute Gasteiger partial charge is 0.467 e. The molecule has 1 aliphatic rings. The molecule has 1 fully saturated rings. The molecule has 3 aromatic rings. The van der Waals surface area contributed by atoms with Crippen LogP contribution in [0.2, 0.25) is 0 Å². The van der Waals surface area contributed by atoms with E-state index in [9.17, 15) is 13.2 Å². The highest BCUT2D eigenvalue weighted by atomic mass is 32.2. The highest BCUT2D eigenvalue weighted by molar-refractivity contribution is 7.90. The summed E-state index contributed by atoms with van der Waals surface area (Å²) in [5.41, 5.74) is 2.29. The minimum atomic E-state index is -3.22. The van der Waals surface area contributed by atoms with E-state index in [-0.39, 0.29) is 12.2 Å². The molecule has 4 rings (SSSR count). The summed E-state index contributed by atoms with van der Waals surface area (Å²) < 4.78 is 35.9. The zero-order valence-corrected chi connectivity index (χ0v) is 20.8. The number of aromatic nitrogens is 1.